The van der Waals surface area contributed by atoms with Crippen LogP contribution in [0.3, 0.4) is 0 Å². The van der Waals surface area contributed by atoms with Crippen molar-refractivity contribution in [1.29, 1.82) is 0 Å². The van der Waals surface area contributed by atoms with E-state index in [2.05, 4.69) is 15.4 Å². The number of aliphatic hydroxyl groups is 1. The molecule has 2 aromatic heterocycles. The molecular weight excluding hydrogens is 397 g/mol. The standard InChI is InChI=1S/C21H29F3N4O2/c1-12(2)17-8-15(16-10-26-28(13(3)4)18(16)27-17)19(29)25-11-20(30)7-5-6-14(9-20)21(22,23)24/h8,10,12-14,30H,5-7,9,11H2,1-4H3,(H,25,29)/t14-,20+/m1/s1. The normalized spacial score (nSPS) is 22.8. The van der Waals surface area contributed by atoms with Gasteiger partial charge in [0.05, 0.1) is 28.7 Å². The number of alkyl halides is 3. The van der Waals surface area contributed by atoms with Gasteiger partial charge in [0.15, 0.2) is 5.65 Å². The molecule has 0 unspecified atom stereocenters. The maximum absolute atomic E-state index is 13.1. The monoisotopic (exact) mass is 426 g/mol. The Labute approximate surface area is 173 Å². The molecule has 1 amide bonds. The molecule has 0 spiro atoms. The summed E-state index contributed by atoms with van der Waals surface area (Å²) in [6.45, 7) is 7.64. The van der Waals surface area contributed by atoms with Gasteiger partial charge < -0.3 is 10.4 Å². The summed E-state index contributed by atoms with van der Waals surface area (Å²) in [4.78, 5) is 17.6. The molecule has 1 fully saturated rings. The highest BCUT2D eigenvalue weighted by Gasteiger charge is 2.47. The molecule has 2 aromatic rings. The van der Waals surface area contributed by atoms with Crippen molar-refractivity contribution in [3.05, 3.63) is 23.5 Å². The van der Waals surface area contributed by atoms with Crippen molar-refractivity contribution < 1.29 is 23.1 Å². The van der Waals surface area contributed by atoms with E-state index in [1.807, 2.05) is 27.7 Å². The van der Waals surface area contributed by atoms with Gasteiger partial charge in [-0.05, 0) is 51.5 Å². The lowest BCUT2D eigenvalue weighted by Gasteiger charge is -2.37. The fraction of sp³-hybridized carbons (Fsp3) is 0.667. The maximum Gasteiger partial charge on any atom is 0.391 e. The molecule has 9 heteroatoms. The minimum Gasteiger partial charge on any atom is -0.388 e. The number of carbonyl (C=O) groups is 1. The third-order valence-electron chi connectivity index (χ3n) is 5.77. The van der Waals surface area contributed by atoms with Crippen LogP contribution >= 0.6 is 0 Å². The van der Waals surface area contributed by atoms with Crippen molar-refractivity contribution in [3.63, 3.8) is 0 Å². The summed E-state index contributed by atoms with van der Waals surface area (Å²) in [6.07, 6.45) is -2.64. The largest absolute Gasteiger partial charge is 0.391 e. The van der Waals surface area contributed by atoms with Crippen LogP contribution in [0.25, 0.3) is 11.0 Å². The number of fused-ring (bicyclic) bond motifs is 1. The number of aromatic nitrogens is 3. The van der Waals surface area contributed by atoms with Crippen LogP contribution in [0.15, 0.2) is 12.3 Å². The average Bonchev–Trinajstić information content (AvgIpc) is 3.09. The maximum atomic E-state index is 13.1. The van der Waals surface area contributed by atoms with E-state index >= 15 is 0 Å². The third-order valence-corrected chi connectivity index (χ3v) is 5.77. The van der Waals surface area contributed by atoms with Crippen LogP contribution in [0.2, 0.25) is 0 Å². The van der Waals surface area contributed by atoms with Crippen molar-refractivity contribution in [2.75, 3.05) is 6.54 Å². The molecule has 3 rings (SSSR count). The van der Waals surface area contributed by atoms with Crippen molar-refractivity contribution in [1.82, 2.24) is 20.1 Å². The zero-order valence-electron chi connectivity index (χ0n) is 17.8. The van der Waals surface area contributed by atoms with Crippen LogP contribution in [0.4, 0.5) is 13.2 Å². The van der Waals surface area contributed by atoms with Crippen LogP contribution in [-0.4, -0.2) is 44.1 Å². The number of hydrogen-bond acceptors (Lipinski definition) is 4. The second-order valence-corrected chi connectivity index (χ2v) is 8.91. The molecule has 0 aromatic carbocycles. The highest BCUT2D eigenvalue weighted by atomic mass is 19.4. The molecule has 0 aliphatic heterocycles. The Kier molecular flexibility index (Phi) is 6.13. The van der Waals surface area contributed by atoms with Gasteiger partial charge in [-0.25, -0.2) is 9.67 Å². The molecule has 2 atom stereocenters. The van der Waals surface area contributed by atoms with E-state index in [4.69, 9.17) is 0 Å². The SMILES string of the molecule is CC(C)c1cc(C(=O)NC[C@]2(O)CCC[C@@H](C(F)(F)F)C2)c2cnn(C(C)C)c2n1. The molecule has 166 valence electrons. The molecule has 1 saturated carbocycles. The number of nitrogens with one attached hydrogen (secondary N) is 1. The zero-order chi connectivity index (χ0) is 22.3. The Hall–Kier alpha value is -2.16. The fourth-order valence-electron chi connectivity index (χ4n) is 4.02. The second kappa shape index (κ2) is 8.17. The van der Waals surface area contributed by atoms with Gasteiger partial charge in [0.2, 0.25) is 0 Å². The quantitative estimate of drug-likeness (QED) is 0.745. The second-order valence-electron chi connectivity index (χ2n) is 8.91. The van der Waals surface area contributed by atoms with Crippen LogP contribution in [0.1, 0.15) is 81.4 Å². The molecule has 30 heavy (non-hydrogen) atoms. The third kappa shape index (κ3) is 4.61. The first-order valence-corrected chi connectivity index (χ1v) is 10.4. The summed E-state index contributed by atoms with van der Waals surface area (Å²) in [7, 11) is 0. The summed E-state index contributed by atoms with van der Waals surface area (Å²) < 4.78 is 41.0. The average molecular weight is 426 g/mol. The highest BCUT2D eigenvalue weighted by Crippen LogP contribution is 2.41. The van der Waals surface area contributed by atoms with E-state index in [-0.39, 0.29) is 37.8 Å². The number of carbonyl (C=O) groups excluding carboxylic acids is 1. The number of hydrogen-bond donors (Lipinski definition) is 2. The van der Waals surface area contributed by atoms with Crippen LogP contribution in [0.5, 0.6) is 0 Å². The van der Waals surface area contributed by atoms with Gasteiger partial charge in [-0.1, -0.05) is 13.8 Å². The van der Waals surface area contributed by atoms with Crippen molar-refractivity contribution in [2.24, 2.45) is 5.92 Å². The van der Waals surface area contributed by atoms with Gasteiger partial charge in [-0.15, -0.1) is 0 Å². The Bertz CT molecular complexity index is 923. The lowest BCUT2D eigenvalue weighted by atomic mass is 9.77. The topological polar surface area (TPSA) is 80.0 Å². The van der Waals surface area contributed by atoms with Crippen molar-refractivity contribution in [2.45, 2.75) is 77.1 Å². The van der Waals surface area contributed by atoms with Crippen LogP contribution < -0.4 is 5.32 Å². The lowest BCUT2D eigenvalue weighted by Crippen LogP contribution is -2.48. The summed E-state index contributed by atoms with van der Waals surface area (Å²) in [5.74, 6) is -1.92. The van der Waals surface area contributed by atoms with Gasteiger partial charge in [0, 0.05) is 18.3 Å². The van der Waals surface area contributed by atoms with Gasteiger partial charge in [0.25, 0.3) is 5.91 Å². The number of rotatable bonds is 5. The minimum atomic E-state index is -4.34. The molecule has 1 aliphatic rings. The van der Waals surface area contributed by atoms with E-state index in [1.165, 1.54) is 0 Å². The molecule has 0 bridgehead atoms. The van der Waals surface area contributed by atoms with Gasteiger partial charge in [0.1, 0.15) is 0 Å². The predicted molar refractivity (Wildman–Crippen MR) is 107 cm³/mol. The Balaban J connectivity index is 1.85. The Morgan fingerprint density at radius 1 is 1.37 bits per heavy atom. The molecule has 0 radical (unpaired) electrons. The van der Waals surface area contributed by atoms with E-state index in [1.54, 1.807) is 16.9 Å². The molecule has 2 heterocycles. The first-order chi connectivity index (χ1) is 13.9. The minimum absolute atomic E-state index is 0.0108. The van der Waals surface area contributed by atoms with Gasteiger partial charge in [-0.3, -0.25) is 4.79 Å². The van der Waals surface area contributed by atoms with Crippen LogP contribution in [-0.2, 0) is 0 Å². The number of halogens is 3. The highest BCUT2D eigenvalue weighted by molar-refractivity contribution is 6.05. The van der Waals surface area contributed by atoms with Gasteiger partial charge in [-0.2, -0.15) is 18.3 Å². The first kappa shape index (κ1) is 22.5. The smallest absolute Gasteiger partial charge is 0.388 e. The summed E-state index contributed by atoms with van der Waals surface area (Å²) >= 11 is 0. The Morgan fingerprint density at radius 2 is 2.07 bits per heavy atom. The Morgan fingerprint density at radius 3 is 2.67 bits per heavy atom. The molecular formula is C21H29F3N4O2. The fourth-order valence-corrected chi connectivity index (χ4v) is 4.02. The summed E-state index contributed by atoms with van der Waals surface area (Å²) in [5, 5.41) is 18.3. The summed E-state index contributed by atoms with van der Waals surface area (Å²) in [6, 6.07) is 1.74. The van der Waals surface area contributed by atoms with E-state index in [9.17, 15) is 23.1 Å². The van der Waals surface area contributed by atoms with E-state index < -0.39 is 30.0 Å². The summed E-state index contributed by atoms with van der Waals surface area (Å²) in [5.41, 5.74) is 0.115. The zero-order valence-corrected chi connectivity index (χ0v) is 17.8. The number of amides is 1. The van der Waals surface area contributed by atoms with Crippen LogP contribution in [0, 0.1) is 5.92 Å². The van der Waals surface area contributed by atoms with E-state index in [0.29, 0.717) is 16.6 Å². The molecule has 6 nitrogen and oxygen atoms in total. The first-order valence-electron chi connectivity index (χ1n) is 10.4. The van der Waals surface area contributed by atoms with Crippen molar-refractivity contribution in [3.8, 4) is 0 Å². The lowest BCUT2D eigenvalue weighted by molar-refractivity contribution is -0.199. The van der Waals surface area contributed by atoms with Crippen molar-refractivity contribution >= 4 is 16.9 Å². The molecule has 1 aliphatic carbocycles. The predicted octanol–water partition coefficient (Wildman–Crippen LogP) is 4.35. The number of pyridine rings is 1. The molecule has 2 N–H and O–H groups in total. The van der Waals surface area contributed by atoms with Gasteiger partial charge >= 0.3 is 6.18 Å². The molecule has 0 saturated heterocycles. The number of nitrogens with zero attached hydrogens (tertiary/aromatic N) is 3. The van der Waals surface area contributed by atoms with E-state index in [0.717, 1.165) is 5.69 Å².